The predicted molar refractivity (Wildman–Crippen MR) is 51.1 cm³/mol. The zero-order valence-electron chi connectivity index (χ0n) is 7.96. The lowest BCUT2D eigenvalue weighted by Gasteiger charge is -2.35. The average Bonchev–Trinajstić information content (AvgIpc) is 2.34. The first-order valence-electron chi connectivity index (χ1n) is 3.99. The van der Waals surface area contributed by atoms with Gasteiger partial charge in [-0.2, -0.15) is 4.37 Å². The van der Waals surface area contributed by atoms with Crippen LogP contribution >= 0.6 is 11.5 Å². The lowest BCUT2D eigenvalue weighted by atomic mass is 9.76. The molecule has 0 aromatic carbocycles. The van der Waals surface area contributed by atoms with Crippen molar-refractivity contribution in [3.63, 3.8) is 0 Å². The molecule has 0 fully saturated rings. The fourth-order valence-electron chi connectivity index (χ4n) is 0.848. The smallest absolute Gasteiger partial charge is 0.110 e. The van der Waals surface area contributed by atoms with E-state index in [0.717, 1.165) is 5.69 Å². The van der Waals surface area contributed by atoms with Gasteiger partial charge in [-0.3, -0.25) is 0 Å². The molecule has 0 bridgehead atoms. The Kier molecular flexibility index (Phi) is 2.27. The van der Waals surface area contributed by atoms with Gasteiger partial charge in [-0.25, -0.2) is 0 Å². The maximum Gasteiger partial charge on any atom is 0.110 e. The third-order valence-corrected chi connectivity index (χ3v) is 2.96. The zero-order chi connectivity index (χ0) is 9.41. The van der Waals surface area contributed by atoms with Crippen molar-refractivity contribution < 1.29 is 5.11 Å². The third kappa shape index (κ3) is 1.52. The second-order valence-corrected chi connectivity index (χ2v) is 4.87. The number of aromatic nitrogens is 1. The highest BCUT2D eigenvalue weighted by Gasteiger charge is 2.38. The van der Waals surface area contributed by atoms with E-state index >= 15 is 0 Å². The Hall–Kier alpha value is -0.410. The molecule has 0 amide bonds. The van der Waals surface area contributed by atoms with Crippen molar-refractivity contribution in [3.05, 3.63) is 17.1 Å². The highest BCUT2D eigenvalue weighted by atomic mass is 32.1. The maximum atomic E-state index is 10.2. The largest absolute Gasteiger partial charge is 0.383 e. The minimum Gasteiger partial charge on any atom is -0.383 e. The van der Waals surface area contributed by atoms with Gasteiger partial charge in [0.25, 0.3) is 0 Å². The van der Waals surface area contributed by atoms with E-state index in [1.165, 1.54) is 11.5 Å². The summed E-state index contributed by atoms with van der Waals surface area (Å²) in [5.41, 5.74) is -0.256. The van der Waals surface area contributed by atoms with Crippen LogP contribution in [0.4, 0.5) is 0 Å². The molecule has 1 aromatic heterocycles. The first kappa shape index (κ1) is 9.68. The highest BCUT2D eigenvalue weighted by molar-refractivity contribution is 7.03. The third-order valence-electron chi connectivity index (χ3n) is 2.40. The summed E-state index contributed by atoms with van der Waals surface area (Å²) in [5.74, 6) is 0. The molecular formula is C9H15NOS. The molecule has 0 saturated carbocycles. The molecular weight excluding hydrogens is 170 g/mol. The van der Waals surface area contributed by atoms with Crippen LogP contribution in [0.2, 0.25) is 0 Å². The Bertz CT molecular complexity index is 246. The fraction of sp³-hybridized carbons (Fsp3) is 0.667. The zero-order valence-corrected chi connectivity index (χ0v) is 8.77. The molecule has 1 atom stereocenters. The molecule has 0 aliphatic rings. The van der Waals surface area contributed by atoms with Gasteiger partial charge in [0.2, 0.25) is 0 Å². The molecule has 0 aliphatic heterocycles. The van der Waals surface area contributed by atoms with Crippen LogP contribution in [0.25, 0.3) is 0 Å². The summed E-state index contributed by atoms with van der Waals surface area (Å²) < 4.78 is 4.15. The average molecular weight is 185 g/mol. The van der Waals surface area contributed by atoms with Crippen molar-refractivity contribution in [1.82, 2.24) is 4.37 Å². The van der Waals surface area contributed by atoms with E-state index in [1.54, 1.807) is 0 Å². The molecule has 3 heteroatoms. The van der Waals surface area contributed by atoms with Crippen LogP contribution in [-0.2, 0) is 5.60 Å². The molecule has 0 aliphatic carbocycles. The van der Waals surface area contributed by atoms with Crippen LogP contribution in [0.15, 0.2) is 11.4 Å². The number of aliphatic hydroxyl groups is 1. The van der Waals surface area contributed by atoms with Gasteiger partial charge in [0.05, 0.1) is 5.69 Å². The van der Waals surface area contributed by atoms with Gasteiger partial charge in [-0.15, -0.1) is 0 Å². The summed E-state index contributed by atoms with van der Waals surface area (Å²) >= 11 is 1.37. The van der Waals surface area contributed by atoms with E-state index in [1.807, 2.05) is 39.1 Å². The lowest BCUT2D eigenvalue weighted by molar-refractivity contribution is -0.0498. The molecule has 1 N–H and O–H groups in total. The van der Waals surface area contributed by atoms with Crippen LogP contribution in [0.1, 0.15) is 33.4 Å². The second-order valence-electron chi connectivity index (χ2n) is 4.21. The summed E-state index contributed by atoms with van der Waals surface area (Å²) in [6, 6.07) is 1.87. The minimum absolute atomic E-state index is 0.179. The van der Waals surface area contributed by atoms with Gasteiger partial charge in [0.1, 0.15) is 5.60 Å². The van der Waals surface area contributed by atoms with Crippen molar-refractivity contribution in [2.24, 2.45) is 5.41 Å². The molecule has 1 aromatic rings. The first-order valence-corrected chi connectivity index (χ1v) is 4.82. The summed E-state index contributed by atoms with van der Waals surface area (Å²) in [7, 11) is 0. The molecule has 1 heterocycles. The minimum atomic E-state index is -0.840. The number of rotatable bonds is 1. The Labute approximate surface area is 77.4 Å². The molecule has 1 unspecified atom stereocenters. The van der Waals surface area contributed by atoms with Crippen molar-refractivity contribution in [3.8, 4) is 0 Å². The van der Waals surface area contributed by atoms with Crippen LogP contribution in [0, 0.1) is 5.41 Å². The maximum absolute atomic E-state index is 10.2. The van der Waals surface area contributed by atoms with E-state index in [2.05, 4.69) is 4.37 Å². The molecule has 0 saturated heterocycles. The summed E-state index contributed by atoms with van der Waals surface area (Å²) in [5, 5.41) is 12.0. The van der Waals surface area contributed by atoms with E-state index in [-0.39, 0.29) is 5.41 Å². The standard InChI is InChI=1S/C9H15NOS/c1-8(2,3)9(4,11)7-5-6-12-10-7/h5-6,11H,1-4H3. The summed E-state index contributed by atoms with van der Waals surface area (Å²) in [6.45, 7) is 7.83. The Morgan fingerprint density at radius 1 is 1.33 bits per heavy atom. The normalized spacial score (nSPS) is 17.4. The number of hydrogen-bond acceptors (Lipinski definition) is 3. The van der Waals surface area contributed by atoms with Crippen LogP contribution in [0.5, 0.6) is 0 Å². The molecule has 68 valence electrons. The van der Waals surface area contributed by atoms with Crippen molar-refractivity contribution >= 4 is 11.5 Å². The molecule has 12 heavy (non-hydrogen) atoms. The first-order chi connectivity index (χ1) is 5.36. The molecule has 0 radical (unpaired) electrons. The predicted octanol–water partition coefficient (Wildman–Crippen LogP) is 2.40. The Balaban J connectivity index is 3.02. The summed E-state index contributed by atoms with van der Waals surface area (Å²) in [4.78, 5) is 0. The Morgan fingerprint density at radius 3 is 2.25 bits per heavy atom. The Morgan fingerprint density at radius 2 is 1.92 bits per heavy atom. The van der Waals surface area contributed by atoms with E-state index < -0.39 is 5.60 Å². The van der Waals surface area contributed by atoms with Crippen LogP contribution in [0.3, 0.4) is 0 Å². The summed E-state index contributed by atoms with van der Waals surface area (Å²) in [6.07, 6.45) is 0. The van der Waals surface area contributed by atoms with Gasteiger partial charge >= 0.3 is 0 Å². The fourth-order valence-corrected chi connectivity index (χ4v) is 1.45. The van der Waals surface area contributed by atoms with Gasteiger partial charge in [-0.05, 0) is 29.9 Å². The van der Waals surface area contributed by atoms with E-state index in [0.29, 0.717) is 0 Å². The van der Waals surface area contributed by atoms with Gasteiger partial charge in [0, 0.05) is 5.38 Å². The van der Waals surface area contributed by atoms with E-state index in [4.69, 9.17) is 0 Å². The molecule has 1 rings (SSSR count). The quantitative estimate of drug-likeness (QED) is 0.728. The lowest BCUT2D eigenvalue weighted by Crippen LogP contribution is -2.37. The number of hydrogen-bond donors (Lipinski definition) is 1. The van der Waals surface area contributed by atoms with Gasteiger partial charge in [0.15, 0.2) is 0 Å². The van der Waals surface area contributed by atoms with Crippen molar-refractivity contribution in [1.29, 1.82) is 0 Å². The van der Waals surface area contributed by atoms with E-state index in [9.17, 15) is 5.11 Å². The van der Waals surface area contributed by atoms with Crippen molar-refractivity contribution in [2.75, 3.05) is 0 Å². The molecule has 2 nitrogen and oxygen atoms in total. The van der Waals surface area contributed by atoms with Gasteiger partial charge in [-0.1, -0.05) is 20.8 Å². The monoisotopic (exact) mass is 185 g/mol. The van der Waals surface area contributed by atoms with Gasteiger partial charge < -0.3 is 5.11 Å². The van der Waals surface area contributed by atoms with Crippen LogP contribution < -0.4 is 0 Å². The van der Waals surface area contributed by atoms with Crippen LogP contribution in [-0.4, -0.2) is 9.48 Å². The van der Waals surface area contributed by atoms with Crippen molar-refractivity contribution in [2.45, 2.75) is 33.3 Å². The SMILES string of the molecule is CC(C)(C)C(C)(O)c1ccsn1. The number of nitrogens with zero attached hydrogens (tertiary/aromatic N) is 1. The highest BCUT2D eigenvalue weighted by Crippen LogP contribution is 2.38. The topological polar surface area (TPSA) is 33.1 Å². The molecule has 0 spiro atoms. The second kappa shape index (κ2) is 2.82.